The summed E-state index contributed by atoms with van der Waals surface area (Å²) < 4.78 is 0. The number of para-hydroxylation sites is 1. The van der Waals surface area contributed by atoms with Crippen molar-refractivity contribution < 1.29 is 9.59 Å². The fourth-order valence-electron chi connectivity index (χ4n) is 2.91. The molecule has 0 spiro atoms. The first-order valence-corrected chi connectivity index (χ1v) is 7.88. The summed E-state index contributed by atoms with van der Waals surface area (Å²) in [7, 11) is 0. The third-order valence-electron chi connectivity index (χ3n) is 3.92. The second-order valence-corrected chi connectivity index (χ2v) is 6.11. The summed E-state index contributed by atoms with van der Waals surface area (Å²) in [4.78, 5) is 26.3. The van der Waals surface area contributed by atoms with Crippen molar-refractivity contribution in [1.29, 1.82) is 0 Å². The number of carbonyl (C=O) groups is 2. The van der Waals surface area contributed by atoms with Crippen LogP contribution in [0.3, 0.4) is 0 Å². The SMILES string of the molecule is CC1Cc2ccccc2N1C(=O)CC(=O)Nc1ccc(Cl)cc1. The molecule has 0 saturated heterocycles. The van der Waals surface area contributed by atoms with Gasteiger partial charge in [0, 0.05) is 22.4 Å². The van der Waals surface area contributed by atoms with E-state index in [1.807, 2.05) is 31.2 Å². The van der Waals surface area contributed by atoms with Gasteiger partial charge in [0.1, 0.15) is 6.42 Å². The number of halogens is 1. The Balaban J connectivity index is 1.67. The molecule has 1 unspecified atom stereocenters. The Kier molecular flexibility index (Phi) is 4.35. The molecule has 0 saturated carbocycles. The highest BCUT2D eigenvalue weighted by molar-refractivity contribution is 6.30. The number of anilines is 2. The molecule has 0 fully saturated rings. The van der Waals surface area contributed by atoms with Crippen LogP contribution in [0.15, 0.2) is 48.5 Å². The predicted octanol–water partition coefficient (Wildman–Crippen LogP) is 3.65. The number of carbonyl (C=O) groups excluding carboxylic acids is 2. The first-order chi connectivity index (χ1) is 11.0. The Morgan fingerprint density at radius 3 is 2.61 bits per heavy atom. The molecule has 4 nitrogen and oxygen atoms in total. The molecule has 1 N–H and O–H groups in total. The maximum absolute atomic E-state index is 12.5. The van der Waals surface area contributed by atoms with Crippen molar-refractivity contribution in [1.82, 2.24) is 0 Å². The van der Waals surface area contributed by atoms with Gasteiger partial charge in [-0.1, -0.05) is 29.8 Å². The van der Waals surface area contributed by atoms with Gasteiger partial charge in [0.2, 0.25) is 11.8 Å². The minimum atomic E-state index is -0.325. The summed E-state index contributed by atoms with van der Waals surface area (Å²) in [6, 6.07) is 14.7. The van der Waals surface area contributed by atoms with Crippen molar-refractivity contribution >= 4 is 34.8 Å². The van der Waals surface area contributed by atoms with Gasteiger partial charge in [-0.15, -0.1) is 0 Å². The molecule has 2 aromatic carbocycles. The molecule has 0 radical (unpaired) electrons. The zero-order valence-corrected chi connectivity index (χ0v) is 13.5. The quantitative estimate of drug-likeness (QED) is 0.874. The summed E-state index contributed by atoms with van der Waals surface area (Å²) in [5, 5.41) is 3.32. The van der Waals surface area contributed by atoms with Crippen LogP contribution in [0.2, 0.25) is 5.02 Å². The standard InChI is InChI=1S/C18H17ClN2O2/c1-12-10-13-4-2-3-5-16(13)21(12)18(23)11-17(22)20-15-8-6-14(19)7-9-15/h2-9,12H,10-11H2,1H3,(H,20,22). The molecule has 0 aromatic heterocycles. The molecular weight excluding hydrogens is 312 g/mol. The highest BCUT2D eigenvalue weighted by Gasteiger charge is 2.31. The fraction of sp³-hybridized carbons (Fsp3) is 0.222. The van der Waals surface area contributed by atoms with Crippen LogP contribution in [-0.4, -0.2) is 17.9 Å². The van der Waals surface area contributed by atoms with E-state index in [4.69, 9.17) is 11.6 Å². The summed E-state index contributed by atoms with van der Waals surface area (Å²) in [6.07, 6.45) is 0.641. The van der Waals surface area contributed by atoms with Crippen LogP contribution in [-0.2, 0) is 16.0 Å². The van der Waals surface area contributed by atoms with Gasteiger partial charge in [0.15, 0.2) is 0 Å². The van der Waals surface area contributed by atoms with E-state index in [-0.39, 0.29) is 24.3 Å². The van der Waals surface area contributed by atoms with E-state index in [1.54, 1.807) is 29.2 Å². The molecule has 1 atom stereocenters. The van der Waals surface area contributed by atoms with E-state index in [9.17, 15) is 9.59 Å². The van der Waals surface area contributed by atoms with Gasteiger partial charge in [-0.05, 0) is 49.2 Å². The Bertz CT molecular complexity index is 743. The average molecular weight is 329 g/mol. The number of nitrogens with zero attached hydrogens (tertiary/aromatic N) is 1. The predicted molar refractivity (Wildman–Crippen MR) is 91.8 cm³/mol. The van der Waals surface area contributed by atoms with Crippen LogP contribution in [0, 0.1) is 0 Å². The lowest BCUT2D eigenvalue weighted by atomic mass is 10.1. The summed E-state index contributed by atoms with van der Waals surface area (Å²) in [5.41, 5.74) is 2.68. The van der Waals surface area contributed by atoms with E-state index in [0.29, 0.717) is 10.7 Å². The lowest BCUT2D eigenvalue weighted by molar-refractivity contribution is -0.125. The molecule has 2 aromatic rings. The normalized spacial score (nSPS) is 16.1. The van der Waals surface area contributed by atoms with Crippen molar-refractivity contribution in [2.75, 3.05) is 10.2 Å². The summed E-state index contributed by atoms with van der Waals surface area (Å²) in [5.74, 6) is -0.511. The minimum absolute atomic E-state index is 0.0724. The molecule has 1 aliphatic rings. The van der Waals surface area contributed by atoms with Gasteiger partial charge >= 0.3 is 0 Å². The van der Waals surface area contributed by atoms with Crippen molar-refractivity contribution in [3.63, 3.8) is 0 Å². The number of amides is 2. The first kappa shape index (κ1) is 15.6. The summed E-state index contributed by atoms with van der Waals surface area (Å²) in [6.45, 7) is 2.00. The van der Waals surface area contributed by atoms with Crippen LogP contribution in [0.5, 0.6) is 0 Å². The lowest BCUT2D eigenvalue weighted by Crippen LogP contribution is -2.37. The number of fused-ring (bicyclic) bond motifs is 1. The van der Waals surface area contributed by atoms with Crippen molar-refractivity contribution in [2.45, 2.75) is 25.8 Å². The molecule has 0 aliphatic carbocycles. The maximum atomic E-state index is 12.5. The molecule has 2 amide bonds. The molecule has 1 heterocycles. The largest absolute Gasteiger partial charge is 0.326 e. The Hall–Kier alpha value is -2.33. The third-order valence-corrected chi connectivity index (χ3v) is 4.17. The zero-order valence-electron chi connectivity index (χ0n) is 12.8. The van der Waals surface area contributed by atoms with Crippen LogP contribution in [0.1, 0.15) is 18.9 Å². The van der Waals surface area contributed by atoms with Crippen molar-refractivity contribution in [3.8, 4) is 0 Å². The van der Waals surface area contributed by atoms with Gasteiger partial charge in [0.25, 0.3) is 0 Å². The number of rotatable bonds is 3. The molecule has 5 heteroatoms. The molecule has 23 heavy (non-hydrogen) atoms. The number of benzene rings is 2. The fourth-order valence-corrected chi connectivity index (χ4v) is 3.03. The second kappa shape index (κ2) is 6.42. The van der Waals surface area contributed by atoms with Crippen LogP contribution in [0.4, 0.5) is 11.4 Å². The van der Waals surface area contributed by atoms with Crippen LogP contribution >= 0.6 is 11.6 Å². The van der Waals surface area contributed by atoms with E-state index < -0.39 is 0 Å². The number of hydrogen-bond donors (Lipinski definition) is 1. The molecule has 118 valence electrons. The van der Waals surface area contributed by atoms with E-state index in [0.717, 1.165) is 17.7 Å². The Morgan fingerprint density at radius 1 is 1.17 bits per heavy atom. The number of nitrogens with one attached hydrogen (secondary N) is 1. The Morgan fingerprint density at radius 2 is 1.87 bits per heavy atom. The summed E-state index contributed by atoms with van der Waals surface area (Å²) >= 11 is 5.81. The Labute approximate surface area is 140 Å². The van der Waals surface area contributed by atoms with Crippen LogP contribution < -0.4 is 10.2 Å². The third kappa shape index (κ3) is 3.37. The average Bonchev–Trinajstić information content (AvgIpc) is 2.85. The highest BCUT2D eigenvalue weighted by Crippen LogP contribution is 2.32. The van der Waals surface area contributed by atoms with E-state index >= 15 is 0 Å². The second-order valence-electron chi connectivity index (χ2n) is 5.68. The first-order valence-electron chi connectivity index (χ1n) is 7.50. The highest BCUT2D eigenvalue weighted by atomic mass is 35.5. The number of hydrogen-bond acceptors (Lipinski definition) is 2. The monoisotopic (exact) mass is 328 g/mol. The van der Waals surface area contributed by atoms with E-state index in [2.05, 4.69) is 5.32 Å². The van der Waals surface area contributed by atoms with Crippen molar-refractivity contribution in [2.24, 2.45) is 0 Å². The zero-order chi connectivity index (χ0) is 16.4. The molecule has 1 aliphatic heterocycles. The van der Waals surface area contributed by atoms with Gasteiger partial charge in [-0.2, -0.15) is 0 Å². The van der Waals surface area contributed by atoms with Gasteiger partial charge in [-0.3, -0.25) is 9.59 Å². The van der Waals surface area contributed by atoms with Crippen molar-refractivity contribution in [3.05, 3.63) is 59.1 Å². The molecular formula is C18H17ClN2O2. The molecule has 3 rings (SSSR count). The maximum Gasteiger partial charge on any atom is 0.236 e. The van der Waals surface area contributed by atoms with Gasteiger partial charge in [0.05, 0.1) is 0 Å². The lowest BCUT2D eigenvalue weighted by Gasteiger charge is -2.22. The van der Waals surface area contributed by atoms with Gasteiger partial charge < -0.3 is 10.2 Å². The van der Waals surface area contributed by atoms with Gasteiger partial charge in [-0.25, -0.2) is 0 Å². The smallest absolute Gasteiger partial charge is 0.236 e. The minimum Gasteiger partial charge on any atom is -0.326 e. The molecule has 0 bridgehead atoms. The van der Waals surface area contributed by atoms with E-state index in [1.165, 1.54) is 0 Å². The topological polar surface area (TPSA) is 49.4 Å². The van der Waals surface area contributed by atoms with Crippen LogP contribution in [0.25, 0.3) is 0 Å².